The molecule has 0 aromatic carbocycles. The molecular weight excluding hydrogens is 94.9 g/mol. The number of hydrogen-bond donors (Lipinski definition) is 0. The van der Waals surface area contributed by atoms with Gasteiger partial charge in [0.2, 0.25) is 0 Å². The number of rotatable bonds is 0. The maximum atomic E-state index is 2.29. The minimum Gasteiger partial charge on any atom is -0.0825 e. The molecule has 0 aliphatic heterocycles. The van der Waals surface area contributed by atoms with Gasteiger partial charge in [-0.2, -0.15) is 0 Å². The molecule has 0 spiro atoms. The van der Waals surface area contributed by atoms with Gasteiger partial charge in [-0.15, -0.1) is 0 Å². The van der Waals surface area contributed by atoms with E-state index in [1.165, 1.54) is 11.1 Å². The first-order valence-electron chi connectivity index (χ1n) is 3.07. The van der Waals surface area contributed by atoms with Gasteiger partial charge in [0, 0.05) is 0 Å². The molecule has 8 heavy (non-hydrogen) atoms. The second-order valence-corrected chi connectivity index (χ2v) is 2.59. The second kappa shape index (κ2) is 1.81. The van der Waals surface area contributed by atoms with Crippen molar-refractivity contribution in [1.29, 1.82) is 0 Å². The fraction of sp³-hybridized carbons (Fsp3) is 0.429. The zero-order valence-corrected chi connectivity index (χ0v) is 5.73. The van der Waals surface area contributed by atoms with Crippen molar-refractivity contribution in [3.05, 3.63) is 23.3 Å². The highest BCUT2D eigenvalue weighted by Gasteiger charge is 2.05. The van der Waals surface area contributed by atoms with Gasteiger partial charge in [-0.25, -0.2) is 0 Å². The maximum absolute atomic E-state index is 2.29. The second-order valence-electron chi connectivity index (χ2n) is 2.59. The summed E-state index contributed by atoms with van der Waals surface area (Å²) in [4.78, 5) is 0. The Morgan fingerprint density at radius 2 is 2.12 bits per heavy atom. The van der Waals surface area contributed by atoms with Gasteiger partial charge in [0.15, 0.2) is 0 Å². The lowest BCUT2D eigenvalue weighted by atomic mass is 9.84. The smallest absolute Gasteiger partial charge is 0.0825 e. The molecule has 1 unspecified atom stereocenters. The summed E-state index contributed by atoms with van der Waals surface area (Å²) >= 11 is 0. The summed E-state index contributed by atoms with van der Waals surface area (Å²) in [6.07, 6.45) is 4.53. The van der Waals surface area contributed by atoms with Crippen LogP contribution in [-0.4, -0.2) is 7.85 Å². The summed E-state index contributed by atoms with van der Waals surface area (Å²) in [5, 5.41) is 0. The topological polar surface area (TPSA) is 0 Å². The van der Waals surface area contributed by atoms with E-state index in [9.17, 15) is 0 Å². The van der Waals surface area contributed by atoms with E-state index >= 15 is 0 Å². The van der Waals surface area contributed by atoms with Gasteiger partial charge in [0.25, 0.3) is 0 Å². The van der Waals surface area contributed by atoms with Gasteiger partial charge in [-0.1, -0.05) is 23.3 Å². The van der Waals surface area contributed by atoms with Crippen LogP contribution in [0.3, 0.4) is 0 Å². The van der Waals surface area contributed by atoms with Crippen molar-refractivity contribution in [1.82, 2.24) is 0 Å². The molecule has 1 atom stereocenters. The van der Waals surface area contributed by atoms with Crippen LogP contribution in [0.5, 0.6) is 0 Å². The van der Waals surface area contributed by atoms with Crippen molar-refractivity contribution in [2.75, 3.05) is 0 Å². The van der Waals surface area contributed by atoms with Crippen LogP contribution in [0.4, 0.5) is 0 Å². The molecule has 0 bridgehead atoms. The molecule has 0 nitrogen and oxygen atoms in total. The van der Waals surface area contributed by atoms with Gasteiger partial charge < -0.3 is 0 Å². The molecule has 0 saturated heterocycles. The van der Waals surface area contributed by atoms with E-state index < -0.39 is 0 Å². The lowest BCUT2D eigenvalue weighted by Crippen LogP contribution is -1.82. The largest absolute Gasteiger partial charge is 0.115 e. The summed E-state index contributed by atoms with van der Waals surface area (Å²) in [7, 11) is 2.22. The van der Waals surface area contributed by atoms with Crippen LogP contribution in [0.25, 0.3) is 0 Å². The molecular formula is C7H11B. The highest BCUT2D eigenvalue weighted by atomic mass is 14.1. The summed E-state index contributed by atoms with van der Waals surface area (Å²) in [6, 6.07) is 0. The Balaban J connectivity index is 2.78. The molecule has 0 radical (unpaired) electrons. The predicted octanol–water partition coefficient (Wildman–Crippen LogP) is 1.31. The van der Waals surface area contributed by atoms with Crippen LogP contribution in [-0.2, 0) is 0 Å². The molecule has 0 N–H and O–H groups in total. The molecule has 0 fully saturated rings. The van der Waals surface area contributed by atoms with Crippen LogP contribution in [0.2, 0.25) is 5.82 Å². The van der Waals surface area contributed by atoms with E-state index in [4.69, 9.17) is 0 Å². The standard InChI is InChI=1S/C7H11B/c1-5-3-6(2)7(8)4-5/h3-4,7H,8H2,1-2H3. The Hall–Kier alpha value is -0.455. The monoisotopic (exact) mass is 106 g/mol. The van der Waals surface area contributed by atoms with Crippen molar-refractivity contribution in [3.63, 3.8) is 0 Å². The van der Waals surface area contributed by atoms with Gasteiger partial charge in [0.05, 0.1) is 0 Å². The highest BCUT2D eigenvalue weighted by Crippen LogP contribution is 2.24. The maximum Gasteiger partial charge on any atom is 0.115 e. The zero-order valence-electron chi connectivity index (χ0n) is 5.73. The molecule has 1 rings (SSSR count). The normalized spacial score (nSPS) is 27.5. The molecule has 1 aliphatic rings. The van der Waals surface area contributed by atoms with Gasteiger partial charge >= 0.3 is 0 Å². The molecule has 0 heterocycles. The van der Waals surface area contributed by atoms with Crippen LogP contribution < -0.4 is 0 Å². The van der Waals surface area contributed by atoms with E-state index in [0.29, 0.717) is 5.82 Å². The van der Waals surface area contributed by atoms with Crippen molar-refractivity contribution >= 4 is 7.85 Å². The third kappa shape index (κ3) is 0.859. The van der Waals surface area contributed by atoms with Crippen LogP contribution in [0, 0.1) is 0 Å². The van der Waals surface area contributed by atoms with Gasteiger partial charge in [-0.3, -0.25) is 0 Å². The Kier molecular flexibility index (Phi) is 1.28. The van der Waals surface area contributed by atoms with Crippen LogP contribution in [0.1, 0.15) is 13.8 Å². The number of hydrogen-bond acceptors (Lipinski definition) is 0. The third-order valence-corrected chi connectivity index (χ3v) is 1.69. The summed E-state index contributed by atoms with van der Waals surface area (Å²) in [6.45, 7) is 4.32. The van der Waals surface area contributed by atoms with Crippen molar-refractivity contribution in [2.24, 2.45) is 0 Å². The van der Waals surface area contributed by atoms with Crippen molar-refractivity contribution in [2.45, 2.75) is 19.7 Å². The van der Waals surface area contributed by atoms with Crippen LogP contribution in [0.15, 0.2) is 23.3 Å². The average Bonchev–Trinajstić information content (AvgIpc) is 1.85. The molecule has 0 amide bonds. The fourth-order valence-electron chi connectivity index (χ4n) is 1.06. The van der Waals surface area contributed by atoms with Crippen LogP contribution >= 0.6 is 0 Å². The van der Waals surface area contributed by atoms with E-state index in [1.54, 1.807) is 0 Å². The van der Waals surface area contributed by atoms with Gasteiger partial charge in [0.1, 0.15) is 7.85 Å². The van der Waals surface area contributed by atoms with E-state index in [1.807, 2.05) is 0 Å². The first-order chi connectivity index (χ1) is 3.70. The molecule has 0 aromatic heterocycles. The van der Waals surface area contributed by atoms with E-state index in [2.05, 4.69) is 33.8 Å². The molecule has 42 valence electrons. The quantitative estimate of drug-likeness (QED) is 0.408. The zero-order chi connectivity index (χ0) is 6.15. The summed E-state index contributed by atoms with van der Waals surface area (Å²) in [5.74, 6) is 0.690. The molecule has 1 aliphatic carbocycles. The predicted molar refractivity (Wildman–Crippen MR) is 39.8 cm³/mol. The molecule has 0 saturated carbocycles. The third-order valence-electron chi connectivity index (χ3n) is 1.69. The summed E-state index contributed by atoms with van der Waals surface area (Å²) in [5.41, 5.74) is 2.90. The van der Waals surface area contributed by atoms with Crippen molar-refractivity contribution < 1.29 is 0 Å². The highest BCUT2D eigenvalue weighted by molar-refractivity contribution is 6.15. The molecule has 1 heteroatoms. The Morgan fingerprint density at radius 3 is 2.25 bits per heavy atom. The lowest BCUT2D eigenvalue weighted by Gasteiger charge is -1.96. The van der Waals surface area contributed by atoms with E-state index in [-0.39, 0.29) is 0 Å². The Morgan fingerprint density at radius 1 is 1.50 bits per heavy atom. The SMILES string of the molecule is BC1C=C(C)C=C1C. The Labute approximate surface area is 51.7 Å². The van der Waals surface area contributed by atoms with Crippen molar-refractivity contribution in [3.8, 4) is 0 Å². The van der Waals surface area contributed by atoms with E-state index in [0.717, 1.165) is 0 Å². The lowest BCUT2D eigenvalue weighted by molar-refractivity contribution is 1.24. The minimum absolute atomic E-state index is 0.690. The Bertz CT molecular complexity index is 154. The number of allylic oxidation sites excluding steroid dienone is 4. The summed E-state index contributed by atoms with van der Waals surface area (Å²) < 4.78 is 0. The average molecular weight is 106 g/mol. The molecule has 0 aromatic rings. The first-order valence-corrected chi connectivity index (χ1v) is 3.07. The fourth-order valence-corrected chi connectivity index (χ4v) is 1.06. The first kappa shape index (κ1) is 5.68. The minimum atomic E-state index is 0.690. The van der Waals surface area contributed by atoms with Gasteiger partial charge in [-0.05, 0) is 19.7 Å².